The van der Waals surface area contributed by atoms with Crippen LogP contribution >= 0.6 is 15.9 Å². The summed E-state index contributed by atoms with van der Waals surface area (Å²) in [5.74, 6) is -1.68. The first-order valence-electron chi connectivity index (χ1n) is 10.9. The molecule has 4 rings (SSSR count). The predicted molar refractivity (Wildman–Crippen MR) is 126 cm³/mol. The first kappa shape index (κ1) is 26.8. The number of benzene rings is 3. The van der Waals surface area contributed by atoms with Gasteiger partial charge in [-0.2, -0.15) is 13.2 Å². The van der Waals surface area contributed by atoms with Gasteiger partial charge in [0.1, 0.15) is 11.6 Å². The van der Waals surface area contributed by atoms with Gasteiger partial charge in [-0.1, -0.05) is 46.3 Å². The number of carboxylic acid groups (broad SMARTS) is 1. The summed E-state index contributed by atoms with van der Waals surface area (Å²) in [6.07, 6.45) is -1.59. The Balaban J connectivity index is 0.000000261. The highest BCUT2D eigenvalue weighted by Crippen LogP contribution is 2.40. The lowest BCUT2D eigenvalue weighted by atomic mass is 10.1. The Kier molecular flexibility index (Phi) is 9.02. The highest BCUT2D eigenvalue weighted by Gasteiger charge is 2.30. The van der Waals surface area contributed by atoms with E-state index in [4.69, 9.17) is 5.11 Å². The Labute approximate surface area is 208 Å². The van der Waals surface area contributed by atoms with Crippen LogP contribution in [0, 0.1) is 11.6 Å². The van der Waals surface area contributed by atoms with Gasteiger partial charge in [0.05, 0.1) is 11.1 Å². The minimum Gasteiger partial charge on any atom is -0.478 e. The van der Waals surface area contributed by atoms with Crippen LogP contribution in [0.4, 0.5) is 22.0 Å². The van der Waals surface area contributed by atoms with Crippen molar-refractivity contribution in [1.29, 1.82) is 0 Å². The molecular weight excluding hydrogens is 533 g/mol. The largest absolute Gasteiger partial charge is 0.478 e. The zero-order chi connectivity index (χ0) is 25.6. The monoisotopic (exact) mass is 555 g/mol. The summed E-state index contributed by atoms with van der Waals surface area (Å²) in [7, 11) is 0. The van der Waals surface area contributed by atoms with E-state index >= 15 is 0 Å². The molecule has 0 atom stereocenters. The maximum absolute atomic E-state index is 14.0. The third-order valence-electron chi connectivity index (χ3n) is 5.45. The van der Waals surface area contributed by atoms with Gasteiger partial charge < -0.3 is 10.4 Å². The quantitative estimate of drug-likeness (QED) is 0.237. The molecule has 1 fully saturated rings. The normalized spacial score (nSPS) is 13.2. The second-order valence-electron chi connectivity index (χ2n) is 8.18. The van der Waals surface area contributed by atoms with Crippen LogP contribution < -0.4 is 5.32 Å². The summed E-state index contributed by atoms with van der Waals surface area (Å²) in [4.78, 5) is 10.3. The van der Waals surface area contributed by atoms with E-state index in [2.05, 4.69) is 21.2 Å². The number of rotatable bonds is 7. The average molecular weight is 556 g/mol. The third kappa shape index (κ3) is 8.14. The molecule has 0 unspecified atom stereocenters. The second kappa shape index (κ2) is 11.8. The van der Waals surface area contributed by atoms with Crippen LogP contribution in [-0.4, -0.2) is 17.6 Å². The van der Waals surface area contributed by atoms with E-state index in [9.17, 15) is 26.7 Å². The highest BCUT2D eigenvalue weighted by atomic mass is 79.9. The van der Waals surface area contributed by atoms with Gasteiger partial charge in [-0.15, -0.1) is 0 Å². The number of carboxylic acids is 1. The SMILES string of the molecule is Fc1cc(C2CC2)ccc1CNCCc1cccc(C(F)(F)F)c1.O=C(O)c1ccc(Br)cc1F. The molecule has 0 spiro atoms. The molecule has 0 aliphatic heterocycles. The standard InChI is InChI=1S/C19H19F4N.C7H4BrFO2/c20-18-11-15(14-4-5-14)6-7-16(18)12-24-9-8-13-2-1-3-17(10-13)19(21,22)23;8-4-1-2-5(7(10)11)6(9)3-4/h1-3,6-7,10-11,14,24H,4-5,8-9,12H2;1-3H,(H,10,11). The van der Waals surface area contributed by atoms with E-state index in [1.807, 2.05) is 6.07 Å². The third-order valence-corrected chi connectivity index (χ3v) is 5.94. The summed E-state index contributed by atoms with van der Waals surface area (Å²) in [5, 5.41) is 11.5. The highest BCUT2D eigenvalue weighted by molar-refractivity contribution is 9.10. The minimum atomic E-state index is -4.32. The Hall–Kier alpha value is -2.78. The zero-order valence-corrected chi connectivity index (χ0v) is 20.1. The van der Waals surface area contributed by atoms with Crippen molar-refractivity contribution in [3.63, 3.8) is 0 Å². The zero-order valence-electron chi connectivity index (χ0n) is 18.5. The predicted octanol–water partition coefficient (Wildman–Crippen LogP) is 7.34. The summed E-state index contributed by atoms with van der Waals surface area (Å²) in [5.41, 5.74) is 1.31. The molecule has 35 heavy (non-hydrogen) atoms. The molecule has 1 aliphatic carbocycles. The van der Waals surface area contributed by atoms with Gasteiger partial charge in [0, 0.05) is 16.6 Å². The van der Waals surface area contributed by atoms with Crippen LogP contribution in [0.1, 0.15) is 51.4 Å². The Bertz CT molecular complexity index is 1180. The Morgan fingerprint density at radius 1 is 1.00 bits per heavy atom. The van der Waals surface area contributed by atoms with Gasteiger partial charge in [-0.25, -0.2) is 13.6 Å². The van der Waals surface area contributed by atoms with Crippen LogP contribution in [0.3, 0.4) is 0 Å². The smallest absolute Gasteiger partial charge is 0.416 e. The van der Waals surface area contributed by atoms with E-state index in [-0.39, 0.29) is 11.4 Å². The van der Waals surface area contributed by atoms with Crippen LogP contribution in [0.25, 0.3) is 0 Å². The van der Waals surface area contributed by atoms with Gasteiger partial charge in [0.2, 0.25) is 0 Å². The summed E-state index contributed by atoms with van der Waals surface area (Å²) >= 11 is 3.01. The van der Waals surface area contributed by atoms with Gasteiger partial charge in [-0.05, 0) is 73.2 Å². The number of nitrogens with one attached hydrogen (secondary N) is 1. The lowest BCUT2D eigenvalue weighted by Crippen LogP contribution is -2.18. The van der Waals surface area contributed by atoms with Crippen molar-refractivity contribution in [2.45, 2.75) is 37.9 Å². The van der Waals surface area contributed by atoms with Crippen molar-refractivity contribution in [2.75, 3.05) is 6.54 Å². The number of alkyl halides is 3. The second-order valence-corrected chi connectivity index (χ2v) is 9.10. The number of carbonyl (C=O) groups is 1. The Morgan fingerprint density at radius 3 is 2.34 bits per heavy atom. The first-order chi connectivity index (χ1) is 16.5. The number of hydrogen-bond donors (Lipinski definition) is 2. The van der Waals surface area contributed by atoms with Crippen molar-refractivity contribution in [3.8, 4) is 0 Å². The topological polar surface area (TPSA) is 49.3 Å². The summed E-state index contributed by atoms with van der Waals surface area (Å²) in [6.45, 7) is 0.862. The minimum absolute atomic E-state index is 0.217. The van der Waals surface area contributed by atoms with Crippen LogP contribution in [0.2, 0.25) is 0 Å². The maximum atomic E-state index is 14.0. The van der Waals surface area contributed by atoms with E-state index < -0.39 is 23.5 Å². The average Bonchev–Trinajstić information content (AvgIpc) is 3.63. The molecule has 0 bridgehead atoms. The number of halogens is 6. The van der Waals surface area contributed by atoms with Crippen molar-refractivity contribution < 1.29 is 31.9 Å². The lowest BCUT2D eigenvalue weighted by molar-refractivity contribution is -0.137. The fourth-order valence-corrected chi connectivity index (χ4v) is 3.73. The molecule has 1 saturated carbocycles. The molecule has 0 radical (unpaired) electrons. The number of aromatic carboxylic acids is 1. The summed E-state index contributed by atoms with van der Waals surface area (Å²) < 4.78 is 65.2. The van der Waals surface area contributed by atoms with Crippen molar-refractivity contribution >= 4 is 21.9 Å². The number of hydrogen-bond acceptors (Lipinski definition) is 2. The molecule has 3 aromatic carbocycles. The molecular formula is C26H23BrF5NO2. The fourth-order valence-electron chi connectivity index (χ4n) is 3.40. The summed E-state index contributed by atoms with van der Waals surface area (Å²) in [6, 6.07) is 14.5. The molecule has 186 valence electrons. The van der Waals surface area contributed by atoms with Gasteiger partial charge in [0.25, 0.3) is 0 Å². The molecule has 0 saturated heterocycles. The molecule has 0 heterocycles. The lowest BCUT2D eigenvalue weighted by Gasteiger charge is -2.10. The fraction of sp³-hybridized carbons (Fsp3) is 0.269. The molecule has 3 aromatic rings. The van der Waals surface area contributed by atoms with E-state index in [1.165, 1.54) is 18.2 Å². The van der Waals surface area contributed by atoms with E-state index in [1.54, 1.807) is 18.2 Å². The van der Waals surface area contributed by atoms with Crippen LogP contribution in [0.5, 0.6) is 0 Å². The van der Waals surface area contributed by atoms with Crippen LogP contribution in [-0.2, 0) is 19.1 Å². The molecule has 3 nitrogen and oxygen atoms in total. The van der Waals surface area contributed by atoms with E-state index in [0.29, 0.717) is 41.0 Å². The molecule has 0 amide bonds. The molecule has 1 aliphatic rings. The van der Waals surface area contributed by atoms with E-state index in [0.717, 1.165) is 36.6 Å². The molecule has 2 N–H and O–H groups in total. The van der Waals surface area contributed by atoms with Gasteiger partial charge in [-0.3, -0.25) is 0 Å². The molecule has 0 aromatic heterocycles. The molecule has 9 heteroatoms. The first-order valence-corrected chi connectivity index (χ1v) is 11.7. The van der Waals surface area contributed by atoms with Crippen molar-refractivity contribution in [3.05, 3.63) is 105 Å². The van der Waals surface area contributed by atoms with Crippen LogP contribution in [0.15, 0.2) is 65.1 Å². The van der Waals surface area contributed by atoms with Gasteiger partial charge >= 0.3 is 12.1 Å². The van der Waals surface area contributed by atoms with Crippen molar-refractivity contribution in [1.82, 2.24) is 5.32 Å². The Morgan fingerprint density at radius 2 is 1.74 bits per heavy atom. The maximum Gasteiger partial charge on any atom is 0.416 e. The van der Waals surface area contributed by atoms with Gasteiger partial charge in [0.15, 0.2) is 0 Å². The van der Waals surface area contributed by atoms with Crippen molar-refractivity contribution in [2.24, 2.45) is 0 Å².